The minimum Gasteiger partial charge on any atom is -0.354 e. The van der Waals surface area contributed by atoms with Gasteiger partial charge >= 0.3 is 0 Å². The van der Waals surface area contributed by atoms with E-state index in [-0.39, 0.29) is 11.8 Å². The van der Waals surface area contributed by atoms with Crippen LogP contribution in [-0.4, -0.2) is 42.1 Å². The highest BCUT2D eigenvalue weighted by molar-refractivity contribution is 5.91. The van der Waals surface area contributed by atoms with Gasteiger partial charge in [-0.05, 0) is 18.9 Å². The summed E-state index contributed by atoms with van der Waals surface area (Å²) in [4.78, 5) is 22.9. The van der Waals surface area contributed by atoms with Gasteiger partial charge in [-0.1, -0.05) is 12.8 Å². The largest absolute Gasteiger partial charge is 0.354 e. The highest BCUT2D eigenvalue weighted by atomic mass is 16.2. The van der Waals surface area contributed by atoms with E-state index in [1.807, 2.05) is 6.07 Å². The number of aromatic nitrogens is 2. The van der Waals surface area contributed by atoms with Gasteiger partial charge < -0.3 is 10.2 Å². The normalized spacial score (nSPS) is 20.1. The monoisotopic (exact) mass is 275 g/mol. The molecule has 0 radical (unpaired) electrons. The Balaban J connectivity index is 1.65. The number of hydrogen-bond acceptors (Lipinski definition) is 5. The summed E-state index contributed by atoms with van der Waals surface area (Å²) in [5, 5.41) is 6.17. The van der Waals surface area contributed by atoms with Gasteiger partial charge in [0.05, 0.1) is 0 Å². The summed E-state index contributed by atoms with van der Waals surface area (Å²) in [7, 11) is 0. The van der Waals surface area contributed by atoms with E-state index in [1.54, 1.807) is 6.20 Å². The van der Waals surface area contributed by atoms with E-state index in [9.17, 15) is 4.79 Å². The number of carbonyl (C=O) groups is 1. The van der Waals surface area contributed by atoms with Crippen LogP contribution in [0.2, 0.25) is 0 Å². The number of rotatable bonds is 3. The summed E-state index contributed by atoms with van der Waals surface area (Å²) in [5.41, 5.74) is 0. The molecule has 20 heavy (non-hydrogen) atoms. The van der Waals surface area contributed by atoms with E-state index in [4.69, 9.17) is 0 Å². The Kier molecular flexibility index (Phi) is 4.11. The summed E-state index contributed by atoms with van der Waals surface area (Å²) in [6.45, 7) is 3.81. The molecule has 108 valence electrons. The van der Waals surface area contributed by atoms with E-state index in [0.29, 0.717) is 5.95 Å². The fraction of sp³-hybridized carbons (Fsp3) is 0.643. The molecule has 0 spiro atoms. The molecule has 1 saturated heterocycles. The first-order valence-electron chi connectivity index (χ1n) is 7.42. The van der Waals surface area contributed by atoms with Crippen LogP contribution >= 0.6 is 0 Å². The summed E-state index contributed by atoms with van der Waals surface area (Å²) in [6.07, 6.45) is 6.00. The first-order chi connectivity index (χ1) is 9.83. The van der Waals surface area contributed by atoms with E-state index >= 15 is 0 Å². The first kappa shape index (κ1) is 13.3. The summed E-state index contributed by atoms with van der Waals surface area (Å²) in [5.74, 6) is 1.53. The number of nitrogens with zero attached hydrogens (tertiary/aromatic N) is 3. The zero-order valence-corrected chi connectivity index (χ0v) is 11.6. The van der Waals surface area contributed by atoms with Crippen LogP contribution in [0, 0.1) is 5.92 Å². The third kappa shape index (κ3) is 3.07. The van der Waals surface area contributed by atoms with Crippen LogP contribution in [-0.2, 0) is 4.79 Å². The van der Waals surface area contributed by atoms with Gasteiger partial charge in [0, 0.05) is 38.3 Å². The molecule has 0 bridgehead atoms. The average Bonchev–Trinajstić information content (AvgIpc) is 3.03. The number of amides is 1. The molecule has 2 N–H and O–H groups in total. The Morgan fingerprint density at radius 2 is 2.05 bits per heavy atom. The minimum atomic E-state index is 0.0694. The third-order valence-corrected chi connectivity index (χ3v) is 4.04. The lowest BCUT2D eigenvalue weighted by molar-refractivity contribution is -0.119. The van der Waals surface area contributed by atoms with Crippen LogP contribution in [0.15, 0.2) is 12.3 Å². The van der Waals surface area contributed by atoms with Crippen molar-refractivity contribution >= 4 is 17.7 Å². The summed E-state index contributed by atoms with van der Waals surface area (Å²) in [6, 6.07) is 1.90. The quantitative estimate of drug-likeness (QED) is 0.861. The Morgan fingerprint density at radius 3 is 2.80 bits per heavy atom. The Bertz CT molecular complexity index is 466. The maximum absolute atomic E-state index is 12.1. The molecule has 0 unspecified atom stereocenters. The average molecular weight is 275 g/mol. The van der Waals surface area contributed by atoms with Crippen molar-refractivity contribution in [1.29, 1.82) is 0 Å². The van der Waals surface area contributed by atoms with Crippen LogP contribution in [0.5, 0.6) is 0 Å². The summed E-state index contributed by atoms with van der Waals surface area (Å²) < 4.78 is 0. The van der Waals surface area contributed by atoms with Gasteiger partial charge in [0.15, 0.2) is 0 Å². The lowest BCUT2D eigenvalue weighted by atomic mass is 10.1. The number of hydrogen-bond donors (Lipinski definition) is 2. The number of carbonyl (C=O) groups excluding carboxylic acids is 1. The molecule has 1 saturated carbocycles. The number of anilines is 2. The predicted molar refractivity (Wildman–Crippen MR) is 77.7 cm³/mol. The van der Waals surface area contributed by atoms with Crippen molar-refractivity contribution in [2.24, 2.45) is 5.92 Å². The second-order valence-electron chi connectivity index (χ2n) is 5.45. The van der Waals surface area contributed by atoms with Crippen LogP contribution < -0.4 is 15.5 Å². The van der Waals surface area contributed by atoms with Gasteiger partial charge in [-0.15, -0.1) is 0 Å². The van der Waals surface area contributed by atoms with Gasteiger partial charge in [-0.2, -0.15) is 4.98 Å². The van der Waals surface area contributed by atoms with Crippen LogP contribution in [0.4, 0.5) is 11.8 Å². The molecular weight excluding hydrogens is 254 g/mol. The van der Waals surface area contributed by atoms with Gasteiger partial charge in [0.25, 0.3) is 0 Å². The predicted octanol–water partition coefficient (Wildman–Crippen LogP) is 1.01. The molecule has 1 aliphatic carbocycles. The molecule has 1 aromatic heterocycles. The zero-order valence-electron chi connectivity index (χ0n) is 11.6. The van der Waals surface area contributed by atoms with Crippen molar-refractivity contribution < 1.29 is 4.79 Å². The SMILES string of the molecule is O=C(Nc1nccc(N2CCNCC2)n1)C1CCCC1. The molecule has 2 aliphatic rings. The van der Waals surface area contributed by atoms with Crippen molar-refractivity contribution in [2.45, 2.75) is 25.7 Å². The van der Waals surface area contributed by atoms with Gasteiger partial charge in [-0.25, -0.2) is 4.98 Å². The summed E-state index contributed by atoms with van der Waals surface area (Å²) >= 11 is 0. The number of nitrogens with one attached hydrogen (secondary N) is 2. The van der Waals surface area contributed by atoms with Crippen LogP contribution in [0.3, 0.4) is 0 Å². The molecule has 2 fully saturated rings. The molecule has 1 amide bonds. The molecule has 6 nitrogen and oxygen atoms in total. The van der Waals surface area contributed by atoms with Crippen molar-refractivity contribution in [3.8, 4) is 0 Å². The minimum absolute atomic E-state index is 0.0694. The van der Waals surface area contributed by atoms with Crippen molar-refractivity contribution in [1.82, 2.24) is 15.3 Å². The van der Waals surface area contributed by atoms with E-state index in [0.717, 1.165) is 57.7 Å². The van der Waals surface area contributed by atoms with Crippen molar-refractivity contribution in [3.63, 3.8) is 0 Å². The smallest absolute Gasteiger partial charge is 0.231 e. The number of piperazine rings is 1. The fourth-order valence-corrected chi connectivity index (χ4v) is 2.88. The highest BCUT2D eigenvalue weighted by Gasteiger charge is 2.23. The molecule has 2 heterocycles. The Morgan fingerprint density at radius 1 is 1.30 bits per heavy atom. The van der Waals surface area contributed by atoms with Gasteiger partial charge in [-0.3, -0.25) is 10.1 Å². The molecule has 0 atom stereocenters. The van der Waals surface area contributed by atoms with E-state index < -0.39 is 0 Å². The lowest BCUT2D eigenvalue weighted by Crippen LogP contribution is -2.44. The maximum atomic E-state index is 12.1. The fourth-order valence-electron chi connectivity index (χ4n) is 2.88. The molecule has 3 rings (SSSR count). The third-order valence-electron chi connectivity index (χ3n) is 4.04. The topological polar surface area (TPSA) is 70.2 Å². The Labute approximate surface area is 119 Å². The van der Waals surface area contributed by atoms with Crippen molar-refractivity contribution in [2.75, 3.05) is 36.4 Å². The second-order valence-corrected chi connectivity index (χ2v) is 5.45. The maximum Gasteiger partial charge on any atom is 0.231 e. The molecule has 0 aromatic carbocycles. The van der Waals surface area contributed by atoms with Crippen molar-refractivity contribution in [3.05, 3.63) is 12.3 Å². The molecular formula is C14H21N5O. The van der Waals surface area contributed by atoms with Gasteiger partial charge in [0.1, 0.15) is 5.82 Å². The first-order valence-corrected chi connectivity index (χ1v) is 7.42. The van der Waals surface area contributed by atoms with E-state index in [1.165, 1.54) is 0 Å². The highest BCUT2D eigenvalue weighted by Crippen LogP contribution is 2.25. The van der Waals surface area contributed by atoms with E-state index in [2.05, 4.69) is 25.5 Å². The van der Waals surface area contributed by atoms with Gasteiger partial charge in [0.2, 0.25) is 11.9 Å². The lowest BCUT2D eigenvalue weighted by Gasteiger charge is -2.28. The zero-order chi connectivity index (χ0) is 13.8. The molecule has 1 aliphatic heterocycles. The van der Waals surface area contributed by atoms with Crippen LogP contribution in [0.25, 0.3) is 0 Å². The Hall–Kier alpha value is -1.69. The molecule has 1 aromatic rings. The standard InChI is InChI=1S/C14H21N5O/c20-13(11-3-1-2-4-11)18-14-16-6-5-12(17-14)19-9-7-15-8-10-19/h5-6,11,15H,1-4,7-10H2,(H,16,17,18,20). The second kappa shape index (κ2) is 6.17. The molecule has 6 heteroatoms. The van der Waals surface area contributed by atoms with Crippen LogP contribution in [0.1, 0.15) is 25.7 Å².